The summed E-state index contributed by atoms with van der Waals surface area (Å²) in [5, 5.41) is 18.5. The number of aryl methyl sites for hydroxylation is 3. The smallest absolute Gasteiger partial charge is 0.320 e. The number of nitrogens with two attached hydrogens (primary N) is 1. The minimum atomic E-state index is -1.01. The van der Waals surface area contributed by atoms with Gasteiger partial charge in [-0.3, -0.25) is 4.79 Å². The number of carboxylic acid groups (broad SMARTS) is 1. The van der Waals surface area contributed by atoms with Crippen molar-refractivity contribution < 1.29 is 19.7 Å². The van der Waals surface area contributed by atoms with Gasteiger partial charge in [-0.15, -0.1) is 0 Å². The molecule has 5 nitrogen and oxygen atoms in total. The molecular weight excluding hydrogens is 366 g/mol. The van der Waals surface area contributed by atoms with Crippen LogP contribution in [-0.4, -0.2) is 22.2 Å². The van der Waals surface area contributed by atoms with Crippen LogP contribution in [-0.2, 0) is 11.2 Å². The summed E-state index contributed by atoms with van der Waals surface area (Å²) in [6.07, 6.45) is 0.273. The van der Waals surface area contributed by atoms with Crippen molar-refractivity contribution in [3.05, 3.63) is 52.6 Å². The molecule has 0 aliphatic heterocycles. The molecule has 0 saturated heterocycles. The number of hydrogen-bond donors (Lipinski definition) is 3. The normalized spacial score (nSPS) is 10.1. The van der Waals surface area contributed by atoms with Gasteiger partial charge in [-0.05, 0) is 67.6 Å². The standard InChI is InChI=1S/C18H21NO4.3C2H6/c1-10-8-14(4-5-16(10)20)23-17-11(2)6-13(7-12(17)3)9-15(19)18(21)22;3*1-2/h4-8,15,20H,9,19H2,1-3H3,(H,21,22);3*1-2H3. The van der Waals surface area contributed by atoms with Gasteiger partial charge in [-0.2, -0.15) is 0 Å². The van der Waals surface area contributed by atoms with Crippen LogP contribution < -0.4 is 10.5 Å². The summed E-state index contributed by atoms with van der Waals surface area (Å²) in [6.45, 7) is 17.6. The molecule has 2 aromatic rings. The van der Waals surface area contributed by atoms with Crippen molar-refractivity contribution in [2.45, 2.75) is 74.8 Å². The van der Waals surface area contributed by atoms with Crippen LogP contribution >= 0.6 is 0 Å². The molecule has 0 fully saturated rings. The number of benzene rings is 2. The van der Waals surface area contributed by atoms with E-state index in [1.54, 1.807) is 25.1 Å². The van der Waals surface area contributed by atoms with Crippen LogP contribution in [0.1, 0.15) is 63.8 Å². The maximum atomic E-state index is 10.9. The Balaban J connectivity index is 0. The number of phenols is 1. The lowest BCUT2D eigenvalue weighted by molar-refractivity contribution is -0.138. The highest BCUT2D eigenvalue weighted by molar-refractivity contribution is 5.73. The highest BCUT2D eigenvalue weighted by Gasteiger charge is 2.15. The number of aliphatic carboxylic acids is 1. The summed E-state index contributed by atoms with van der Waals surface area (Å²) in [7, 11) is 0. The molecule has 164 valence electrons. The average Bonchev–Trinajstić information content (AvgIpc) is 2.72. The van der Waals surface area contributed by atoms with E-state index in [1.807, 2.05) is 67.5 Å². The van der Waals surface area contributed by atoms with Gasteiger partial charge in [0.1, 0.15) is 23.3 Å². The molecule has 0 heterocycles. The first-order valence-electron chi connectivity index (χ1n) is 10.3. The lowest BCUT2D eigenvalue weighted by Crippen LogP contribution is -2.32. The van der Waals surface area contributed by atoms with Crippen LogP contribution in [0.3, 0.4) is 0 Å². The summed E-state index contributed by atoms with van der Waals surface area (Å²) in [5.74, 6) is 0.577. The molecule has 4 N–H and O–H groups in total. The Morgan fingerprint density at radius 3 is 1.83 bits per heavy atom. The first kappa shape index (κ1) is 28.7. The SMILES string of the molecule is CC.CC.CC.Cc1cc(Oc2c(C)cc(CC(N)C(=O)O)cc2C)ccc1O. The van der Waals surface area contributed by atoms with Crippen molar-refractivity contribution >= 4 is 5.97 Å². The van der Waals surface area contributed by atoms with Crippen LogP contribution in [0.2, 0.25) is 0 Å². The largest absolute Gasteiger partial charge is 0.508 e. The predicted molar refractivity (Wildman–Crippen MR) is 122 cm³/mol. The van der Waals surface area contributed by atoms with Gasteiger partial charge < -0.3 is 20.7 Å². The van der Waals surface area contributed by atoms with Gasteiger partial charge in [0, 0.05) is 0 Å². The Kier molecular flexibility index (Phi) is 15.2. The van der Waals surface area contributed by atoms with E-state index in [0.29, 0.717) is 5.75 Å². The van der Waals surface area contributed by atoms with Crippen LogP contribution in [0.15, 0.2) is 30.3 Å². The molecule has 2 rings (SSSR count). The fourth-order valence-corrected chi connectivity index (χ4v) is 2.47. The van der Waals surface area contributed by atoms with E-state index in [0.717, 1.165) is 28.0 Å². The van der Waals surface area contributed by atoms with E-state index in [2.05, 4.69) is 0 Å². The Bertz CT molecular complexity index is 719. The third kappa shape index (κ3) is 9.48. The minimum absolute atomic E-state index is 0.226. The number of carbonyl (C=O) groups is 1. The van der Waals surface area contributed by atoms with E-state index in [-0.39, 0.29) is 12.2 Å². The van der Waals surface area contributed by atoms with Crippen molar-refractivity contribution in [3.63, 3.8) is 0 Å². The van der Waals surface area contributed by atoms with Gasteiger partial charge in [-0.1, -0.05) is 53.7 Å². The first-order chi connectivity index (χ1) is 13.8. The average molecular weight is 406 g/mol. The van der Waals surface area contributed by atoms with Crippen LogP contribution in [0.25, 0.3) is 0 Å². The number of phenolic OH excluding ortho intramolecular Hbond substituents is 1. The van der Waals surface area contributed by atoms with Crippen molar-refractivity contribution in [1.29, 1.82) is 0 Å². The molecule has 0 aliphatic rings. The second-order valence-corrected chi connectivity index (χ2v) is 5.76. The Morgan fingerprint density at radius 2 is 1.41 bits per heavy atom. The Morgan fingerprint density at radius 1 is 0.931 bits per heavy atom. The molecule has 0 bridgehead atoms. The maximum Gasteiger partial charge on any atom is 0.320 e. The van der Waals surface area contributed by atoms with E-state index in [1.165, 1.54) is 0 Å². The van der Waals surface area contributed by atoms with Crippen molar-refractivity contribution in [2.75, 3.05) is 0 Å². The zero-order valence-electron chi connectivity index (χ0n) is 19.5. The lowest BCUT2D eigenvalue weighted by atomic mass is 10.0. The molecule has 0 aliphatic carbocycles. The molecule has 0 saturated carbocycles. The third-order valence-corrected chi connectivity index (χ3v) is 3.68. The molecule has 0 aromatic heterocycles. The van der Waals surface area contributed by atoms with Crippen molar-refractivity contribution in [2.24, 2.45) is 5.73 Å². The molecule has 0 spiro atoms. The quantitative estimate of drug-likeness (QED) is 0.555. The predicted octanol–water partition coefficient (Wildman–Crippen LogP) is 6.14. The summed E-state index contributed by atoms with van der Waals surface area (Å²) < 4.78 is 5.92. The van der Waals surface area contributed by atoms with Crippen molar-refractivity contribution in [1.82, 2.24) is 0 Å². The molecule has 1 atom stereocenters. The van der Waals surface area contributed by atoms with Gasteiger partial charge >= 0.3 is 5.97 Å². The highest BCUT2D eigenvalue weighted by atomic mass is 16.5. The van der Waals surface area contributed by atoms with Crippen LogP contribution in [0.5, 0.6) is 17.2 Å². The molecule has 0 radical (unpaired) electrons. The molecule has 0 amide bonds. The van der Waals surface area contributed by atoms with Gasteiger partial charge in [0.15, 0.2) is 0 Å². The van der Waals surface area contributed by atoms with Gasteiger partial charge in [-0.25, -0.2) is 0 Å². The molecule has 2 aromatic carbocycles. The third-order valence-electron chi connectivity index (χ3n) is 3.68. The Labute approximate surface area is 176 Å². The lowest BCUT2D eigenvalue weighted by Gasteiger charge is -2.15. The topological polar surface area (TPSA) is 92.8 Å². The van der Waals surface area contributed by atoms with Gasteiger partial charge in [0.05, 0.1) is 0 Å². The minimum Gasteiger partial charge on any atom is -0.508 e. The van der Waals surface area contributed by atoms with Crippen molar-refractivity contribution in [3.8, 4) is 17.2 Å². The van der Waals surface area contributed by atoms with Gasteiger partial charge in [0.25, 0.3) is 0 Å². The molecule has 5 heteroatoms. The number of hydrogen-bond acceptors (Lipinski definition) is 4. The fraction of sp³-hybridized carbons (Fsp3) is 0.458. The number of rotatable bonds is 5. The van der Waals surface area contributed by atoms with Gasteiger partial charge in [0.2, 0.25) is 0 Å². The number of carboxylic acids is 1. The summed E-state index contributed by atoms with van der Waals surface area (Å²) >= 11 is 0. The van der Waals surface area contributed by atoms with E-state index in [4.69, 9.17) is 15.6 Å². The summed E-state index contributed by atoms with van der Waals surface area (Å²) in [4.78, 5) is 10.9. The zero-order valence-corrected chi connectivity index (χ0v) is 19.5. The van der Waals surface area contributed by atoms with E-state index >= 15 is 0 Å². The fourth-order valence-electron chi connectivity index (χ4n) is 2.47. The highest BCUT2D eigenvalue weighted by Crippen LogP contribution is 2.32. The van der Waals surface area contributed by atoms with Crippen LogP contribution in [0, 0.1) is 20.8 Å². The molecule has 1 unspecified atom stereocenters. The number of aromatic hydroxyl groups is 1. The Hall–Kier alpha value is -2.53. The zero-order chi connectivity index (χ0) is 23.1. The van der Waals surface area contributed by atoms with Crippen LogP contribution in [0.4, 0.5) is 0 Å². The first-order valence-corrected chi connectivity index (χ1v) is 10.3. The maximum absolute atomic E-state index is 10.9. The second kappa shape index (κ2) is 15.4. The monoisotopic (exact) mass is 405 g/mol. The molecule has 29 heavy (non-hydrogen) atoms. The summed E-state index contributed by atoms with van der Waals surface area (Å²) in [5.41, 5.74) is 9.00. The summed E-state index contributed by atoms with van der Waals surface area (Å²) in [6, 6.07) is 7.92. The van der Waals surface area contributed by atoms with E-state index in [9.17, 15) is 9.90 Å². The second-order valence-electron chi connectivity index (χ2n) is 5.76. The molecular formula is C24H39NO4. The van der Waals surface area contributed by atoms with E-state index < -0.39 is 12.0 Å². The number of ether oxygens (including phenoxy) is 1.